The molecule has 0 aromatic carbocycles. The normalized spacial score (nSPS) is 7.50. The minimum absolute atomic E-state index is 0.236. The maximum Gasteiger partial charge on any atom is 0.0528 e. The third-order valence-electron chi connectivity index (χ3n) is 0.0845. The fourth-order valence-electron chi connectivity index (χ4n) is 0. The molecule has 0 aliphatic carbocycles. The fraction of sp³-hybridized carbons (Fsp3) is 1.00. The molecule has 0 rings (SSSR count). The molecule has 0 bridgehead atoms. The maximum atomic E-state index is 7.83. The van der Waals surface area contributed by atoms with Crippen molar-refractivity contribution in [3.8, 4) is 0 Å². The molecule has 0 saturated heterocycles. The van der Waals surface area contributed by atoms with Gasteiger partial charge in [-0.2, -0.15) is 0 Å². The Balaban J connectivity index is 1.97. The van der Waals surface area contributed by atoms with Gasteiger partial charge in [0.05, 0.1) is 6.61 Å². The zero-order valence-corrected chi connectivity index (χ0v) is 3.83. The van der Waals surface area contributed by atoms with Crippen LogP contribution in [0.2, 0.25) is 0 Å². The van der Waals surface area contributed by atoms with E-state index >= 15 is 0 Å². The molecule has 26 valence electrons. The van der Waals surface area contributed by atoms with E-state index in [0.717, 1.165) is 0 Å². The topological polar surface area (TPSA) is 20.2 Å². The van der Waals surface area contributed by atoms with Gasteiger partial charge >= 0.3 is 0 Å². The zero-order chi connectivity index (χ0) is 3.41. The number of halogens is 1. The van der Waals surface area contributed by atoms with Crippen LogP contribution < -0.4 is 0 Å². The molecule has 0 amide bonds. The van der Waals surface area contributed by atoms with E-state index in [1.165, 1.54) is 0 Å². The summed E-state index contributed by atoms with van der Waals surface area (Å²) in [5, 5.41) is 8.52. The first-order valence-corrected chi connectivity index (χ1v) is 2.20. The van der Waals surface area contributed by atoms with Gasteiger partial charge in [-0.15, -0.1) is 0 Å². The second-order valence-corrected chi connectivity index (χ2v) is 1.21. The van der Waals surface area contributed by atoms with Crippen molar-refractivity contribution in [1.29, 1.82) is 0 Å². The second-order valence-electron chi connectivity index (χ2n) is 0.413. The van der Waals surface area contributed by atoms with Gasteiger partial charge in [0.25, 0.3) is 0 Å². The molecule has 0 aliphatic heterocycles. The number of aliphatic hydroxyl groups is 1. The Morgan fingerprint density at radius 2 is 2.00 bits per heavy atom. The molecule has 0 atom stereocenters. The first-order chi connectivity index (χ1) is 1.91. The number of hydrogen-bond donors (Lipinski definition) is 1. The molecule has 0 aromatic heterocycles. The standard InChI is InChI=1S/C2H5BrO/c3-1-2-4/h4H,1-2H2/i1+1. The maximum absolute atomic E-state index is 7.83. The van der Waals surface area contributed by atoms with Crippen LogP contribution in [0.5, 0.6) is 0 Å². The lowest BCUT2D eigenvalue weighted by Crippen LogP contribution is -1.75. The summed E-state index contributed by atoms with van der Waals surface area (Å²) in [4.78, 5) is 0. The van der Waals surface area contributed by atoms with E-state index in [2.05, 4.69) is 15.9 Å². The van der Waals surface area contributed by atoms with E-state index in [-0.39, 0.29) is 6.61 Å². The molecular weight excluding hydrogens is 121 g/mol. The molecule has 4 heavy (non-hydrogen) atoms. The second kappa shape index (κ2) is 3.44. The van der Waals surface area contributed by atoms with Crippen LogP contribution in [0, 0.1) is 0 Å². The summed E-state index contributed by atoms with van der Waals surface area (Å²) in [6, 6.07) is 0. The largest absolute Gasteiger partial charge is 0.396 e. The van der Waals surface area contributed by atoms with Crippen molar-refractivity contribution >= 4 is 15.9 Å². The zero-order valence-electron chi connectivity index (χ0n) is 2.24. The van der Waals surface area contributed by atoms with Gasteiger partial charge in [0.15, 0.2) is 0 Å². The number of hydrogen-bond acceptors (Lipinski definition) is 1. The average Bonchev–Trinajstić information content (AvgIpc) is 1.37. The van der Waals surface area contributed by atoms with Crippen LogP contribution in [0.25, 0.3) is 0 Å². The third-order valence-corrected chi connectivity index (χ3v) is 0.439. The summed E-state index contributed by atoms with van der Waals surface area (Å²) >= 11 is 3.00. The molecule has 2 heteroatoms. The van der Waals surface area contributed by atoms with Crippen LogP contribution in [-0.4, -0.2) is 17.0 Å². The van der Waals surface area contributed by atoms with E-state index in [4.69, 9.17) is 5.11 Å². The van der Waals surface area contributed by atoms with E-state index < -0.39 is 0 Å². The summed E-state index contributed by atoms with van der Waals surface area (Å²) in [6.45, 7) is 0.236. The van der Waals surface area contributed by atoms with E-state index in [9.17, 15) is 0 Å². The lowest BCUT2D eigenvalue weighted by molar-refractivity contribution is 0.324. The highest BCUT2D eigenvalue weighted by atomic mass is 79.9. The van der Waals surface area contributed by atoms with Gasteiger partial charge < -0.3 is 5.11 Å². The Hall–Kier alpha value is 0.440. The Kier molecular flexibility index (Phi) is 3.82. The number of aliphatic hydroxyl groups excluding tert-OH is 1. The average molecular weight is 126 g/mol. The minimum Gasteiger partial charge on any atom is -0.396 e. The van der Waals surface area contributed by atoms with Gasteiger partial charge in [-0.05, 0) is 0 Å². The molecule has 0 fully saturated rings. The molecule has 1 N–H and O–H groups in total. The highest BCUT2D eigenvalue weighted by molar-refractivity contribution is 9.09. The Labute approximate surface area is 33.8 Å². The molecule has 0 aliphatic rings. The number of alkyl halides is 1. The van der Waals surface area contributed by atoms with Crippen molar-refractivity contribution in [3.63, 3.8) is 0 Å². The smallest absolute Gasteiger partial charge is 0.0528 e. The van der Waals surface area contributed by atoms with Crippen molar-refractivity contribution in [2.45, 2.75) is 0 Å². The van der Waals surface area contributed by atoms with Gasteiger partial charge in [-0.3, -0.25) is 0 Å². The molecule has 0 saturated carbocycles. The van der Waals surface area contributed by atoms with Crippen LogP contribution in [0.1, 0.15) is 0 Å². The first-order valence-electron chi connectivity index (χ1n) is 1.08. The summed E-state index contributed by atoms with van der Waals surface area (Å²) in [7, 11) is 0. The minimum atomic E-state index is 0.236. The van der Waals surface area contributed by atoms with E-state index in [0.29, 0.717) is 5.33 Å². The monoisotopic (exact) mass is 125 g/mol. The highest BCUT2D eigenvalue weighted by Gasteiger charge is 1.59. The Morgan fingerprint density at radius 1 is 1.75 bits per heavy atom. The molecule has 0 spiro atoms. The van der Waals surface area contributed by atoms with Crippen molar-refractivity contribution in [3.05, 3.63) is 0 Å². The van der Waals surface area contributed by atoms with Crippen molar-refractivity contribution in [1.82, 2.24) is 0 Å². The predicted molar refractivity (Wildman–Crippen MR) is 20.9 cm³/mol. The van der Waals surface area contributed by atoms with Crippen LogP contribution in [0.4, 0.5) is 0 Å². The van der Waals surface area contributed by atoms with Crippen LogP contribution in [-0.2, 0) is 0 Å². The Morgan fingerprint density at radius 3 is 2.00 bits per heavy atom. The number of rotatable bonds is 1. The predicted octanol–water partition coefficient (Wildman–Crippen LogP) is 0.374. The van der Waals surface area contributed by atoms with Crippen LogP contribution >= 0.6 is 15.9 Å². The van der Waals surface area contributed by atoms with Crippen molar-refractivity contribution < 1.29 is 5.11 Å². The van der Waals surface area contributed by atoms with Crippen LogP contribution in [0.15, 0.2) is 0 Å². The van der Waals surface area contributed by atoms with Crippen LogP contribution in [0.3, 0.4) is 0 Å². The van der Waals surface area contributed by atoms with Crippen molar-refractivity contribution in [2.75, 3.05) is 11.9 Å². The summed E-state index contributed by atoms with van der Waals surface area (Å²) in [6.07, 6.45) is 0. The van der Waals surface area contributed by atoms with Gasteiger partial charge in [0, 0.05) is 5.33 Å². The lowest BCUT2D eigenvalue weighted by atomic mass is 11.2. The molecule has 0 unspecified atom stereocenters. The molecule has 0 radical (unpaired) electrons. The molecule has 0 heterocycles. The van der Waals surface area contributed by atoms with Gasteiger partial charge in [-0.25, -0.2) is 0 Å². The molecule has 0 aromatic rings. The Bertz CT molecular complexity index is 8.00. The summed E-state index contributed by atoms with van der Waals surface area (Å²) in [5.74, 6) is 0. The fourth-order valence-corrected chi connectivity index (χ4v) is 0. The molecule has 1 nitrogen and oxygen atoms in total. The first kappa shape index (κ1) is 4.44. The van der Waals surface area contributed by atoms with Gasteiger partial charge in [-0.1, -0.05) is 15.9 Å². The lowest BCUT2D eigenvalue weighted by Gasteiger charge is -1.67. The quantitative estimate of drug-likeness (QED) is 0.397. The van der Waals surface area contributed by atoms with Gasteiger partial charge in [0.2, 0.25) is 0 Å². The van der Waals surface area contributed by atoms with Gasteiger partial charge in [0.1, 0.15) is 0 Å². The third kappa shape index (κ3) is 2.44. The molecular formula is C2H5BrO. The summed E-state index contributed by atoms with van der Waals surface area (Å²) < 4.78 is 0. The highest BCUT2D eigenvalue weighted by Crippen LogP contribution is 1.69. The van der Waals surface area contributed by atoms with E-state index in [1.54, 1.807) is 0 Å². The SMILES string of the molecule is OC[13CH2]Br. The van der Waals surface area contributed by atoms with E-state index in [1.807, 2.05) is 0 Å². The van der Waals surface area contributed by atoms with Crippen molar-refractivity contribution in [2.24, 2.45) is 0 Å². The summed E-state index contributed by atoms with van der Waals surface area (Å²) in [5.41, 5.74) is 0.